The molecule has 2 heterocycles. The molecule has 0 aliphatic carbocycles. The molecule has 0 saturated carbocycles. The Bertz CT molecular complexity index is 771. The summed E-state index contributed by atoms with van der Waals surface area (Å²) < 4.78 is 9.44. The molecule has 0 bridgehead atoms. The van der Waals surface area contributed by atoms with Crippen molar-refractivity contribution in [3.8, 4) is 17.1 Å². The minimum absolute atomic E-state index is 0.280. The molecule has 3 rings (SSSR count). The van der Waals surface area contributed by atoms with Gasteiger partial charge in [0.05, 0.1) is 13.0 Å². The summed E-state index contributed by atoms with van der Waals surface area (Å²) in [4.78, 5) is 29.2. The maximum atomic E-state index is 12.3. The van der Waals surface area contributed by atoms with Crippen molar-refractivity contribution in [3.05, 3.63) is 24.3 Å². The SMILES string of the molecule is COc1cccc(-c2nsc(NC(=O)N3CCC(C(=O)O)CC3)n2)c1. The van der Waals surface area contributed by atoms with E-state index in [1.807, 2.05) is 24.3 Å². The molecule has 8 nitrogen and oxygen atoms in total. The van der Waals surface area contributed by atoms with E-state index in [2.05, 4.69) is 14.7 Å². The first kappa shape index (κ1) is 17.2. The molecule has 25 heavy (non-hydrogen) atoms. The number of carbonyl (C=O) groups excluding carboxylic acids is 1. The van der Waals surface area contributed by atoms with Gasteiger partial charge >= 0.3 is 12.0 Å². The van der Waals surface area contributed by atoms with Crippen molar-refractivity contribution in [2.75, 3.05) is 25.5 Å². The number of carbonyl (C=O) groups is 2. The predicted octanol–water partition coefficient (Wildman–Crippen LogP) is 2.54. The van der Waals surface area contributed by atoms with E-state index in [1.54, 1.807) is 12.0 Å². The number of aromatic nitrogens is 2. The number of hydrogen-bond donors (Lipinski definition) is 2. The van der Waals surface area contributed by atoms with E-state index in [9.17, 15) is 9.59 Å². The fourth-order valence-corrected chi connectivity index (χ4v) is 3.23. The zero-order chi connectivity index (χ0) is 17.8. The van der Waals surface area contributed by atoms with Crippen molar-refractivity contribution in [3.63, 3.8) is 0 Å². The molecule has 9 heteroatoms. The monoisotopic (exact) mass is 362 g/mol. The highest BCUT2D eigenvalue weighted by Gasteiger charge is 2.27. The minimum atomic E-state index is -0.799. The van der Waals surface area contributed by atoms with Crippen LogP contribution >= 0.6 is 11.5 Å². The third kappa shape index (κ3) is 4.05. The highest BCUT2D eigenvalue weighted by molar-refractivity contribution is 7.10. The smallest absolute Gasteiger partial charge is 0.323 e. The Morgan fingerprint density at radius 2 is 2.12 bits per heavy atom. The summed E-state index contributed by atoms with van der Waals surface area (Å²) in [7, 11) is 1.59. The second-order valence-electron chi connectivity index (χ2n) is 5.68. The normalized spacial score (nSPS) is 15.0. The average molecular weight is 362 g/mol. The number of benzene rings is 1. The number of nitrogens with zero attached hydrogens (tertiary/aromatic N) is 3. The summed E-state index contributed by atoms with van der Waals surface area (Å²) in [6.07, 6.45) is 0.932. The highest BCUT2D eigenvalue weighted by atomic mass is 32.1. The van der Waals surface area contributed by atoms with Crippen LogP contribution < -0.4 is 10.1 Å². The Morgan fingerprint density at radius 3 is 2.80 bits per heavy atom. The van der Waals surface area contributed by atoms with Crippen LogP contribution in [0.5, 0.6) is 5.75 Å². The molecule has 1 fully saturated rings. The van der Waals surface area contributed by atoms with Gasteiger partial charge < -0.3 is 14.7 Å². The topological polar surface area (TPSA) is 105 Å². The number of amides is 2. The van der Waals surface area contributed by atoms with E-state index in [0.29, 0.717) is 42.6 Å². The van der Waals surface area contributed by atoms with Crippen LogP contribution in [0.2, 0.25) is 0 Å². The Morgan fingerprint density at radius 1 is 1.36 bits per heavy atom. The number of piperidine rings is 1. The number of urea groups is 1. The number of ether oxygens (including phenoxy) is 1. The summed E-state index contributed by atoms with van der Waals surface area (Å²) in [5, 5.41) is 12.1. The highest BCUT2D eigenvalue weighted by Crippen LogP contribution is 2.25. The molecular weight excluding hydrogens is 344 g/mol. The lowest BCUT2D eigenvalue weighted by atomic mass is 9.97. The first-order chi connectivity index (χ1) is 12.1. The molecule has 1 aliphatic heterocycles. The van der Waals surface area contributed by atoms with Crippen LogP contribution in [0.3, 0.4) is 0 Å². The molecule has 1 saturated heterocycles. The van der Waals surface area contributed by atoms with Crippen LogP contribution in [0.25, 0.3) is 11.4 Å². The molecule has 0 atom stereocenters. The number of carboxylic acid groups (broad SMARTS) is 1. The number of methoxy groups -OCH3 is 1. The quantitative estimate of drug-likeness (QED) is 0.866. The molecule has 0 radical (unpaired) electrons. The van der Waals surface area contributed by atoms with Gasteiger partial charge in [-0.05, 0) is 25.0 Å². The second-order valence-corrected chi connectivity index (χ2v) is 6.44. The molecule has 2 amide bonds. The van der Waals surface area contributed by atoms with Gasteiger partial charge in [-0.25, -0.2) is 4.79 Å². The third-order valence-corrected chi connectivity index (χ3v) is 4.73. The molecule has 1 aromatic heterocycles. The molecule has 1 aromatic carbocycles. The zero-order valence-electron chi connectivity index (χ0n) is 13.6. The van der Waals surface area contributed by atoms with E-state index in [0.717, 1.165) is 17.1 Å². The van der Waals surface area contributed by atoms with Gasteiger partial charge in [-0.3, -0.25) is 10.1 Å². The largest absolute Gasteiger partial charge is 0.497 e. The number of hydrogen-bond acceptors (Lipinski definition) is 6. The zero-order valence-corrected chi connectivity index (χ0v) is 14.5. The minimum Gasteiger partial charge on any atom is -0.497 e. The van der Waals surface area contributed by atoms with Crippen molar-refractivity contribution >= 4 is 28.7 Å². The lowest BCUT2D eigenvalue weighted by Gasteiger charge is -2.29. The van der Waals surface area contributed by atoms with Gasteiger partial charge in [-0.2, -0.15) is 9.36 Å². The second kappa shape index (κ2) is 7.47. The van der Waals surface area contributed by atoms with E-state index in [4.69, 9.17) is 9.84 Å². The molecule has 132 valence electrons. The molecule has 0 unspecified atom stereocenters. The first-order valence-electron chi connectivity index (χ1n) is 7.83. The van der Waals surface area contributed by atoms with Crippen LogP contribution in [0.1, 0.15) is 12.8 Å². The average Bonchev–Trinajstić information content (AvgIpc) is 3.10. The molecule has 2 N–H and O–H groups in total. The van der Waals surface area contributed by atoms with Crippen molar-refractivity contribution < 1.29 is 19.4 Å². The van der Waals surface area contributed by atoms with Gasteiger partial charge in [-0.15, -0.1) is 0 Å². The van der Waals surface area contributed by atoms with Gasteiger partial charge in [0.1, 0.15) is 5.75 Å². The first-order valence-corrected chi connectivity index (χ1v) is 8.61. The summed E-state index contributed by atoms with van der Waals surface area (Å²) >= 11 is 1.10. The summed E-state index contributed by atoms with van der Waals surface area (Å²) in [5.74, 6) is 0.0559. The van der Waals surface area contributed by atoms with E-state index < -0.39 is 5.97 Å². The number of rotatable bonds is 4. The van der Waals surface area contributed by atoms with Crippen molar-refractivity contribution in [1.82, 2.24) is 14.3 Å². The standard InChI is InChI=1S/C16H18N4O4S/c1-24-12-4-2-3-11(9-12)13-17-15(25-19-13)18-16(23)20-7-5-10(6-8-20)14(21)22/h2-4,9-10H,5-8H2,1H3,(H,21,22)(H,17,18,19,23). The maximum Gasteiger partial charge on any atom is 0.323 e. The predicted molar refractivity (Wildman–Crippen MR) is 92.8 cm³/mol. The van der Waals surface area contributed by atoms with Gasteiger partial charge in [-0.1, -0.05) is 12.1 Å². The van der Waals surface area contributed by atoms with E-state index >= 15 is 0 Å². The van der Waals surface area contributed by atoms with Crippen LogP contribution in [-0.2, 0) is 4.79 Å². The Kier molecular flexibility index (Phi) is 5.13. The lowest BCUT2D eigenvalue weighted by molar-refractivity contribution is -0.143. The van der Waals surface area contributed by atoms with Crippen molar-refractivity contribution in [2.24, 2.45) is 5.92 Å². The molecule has 2 aromatic rings. The number of aliphatic carboxylic acids is 1. The third-order valence-electron chi connectivity index (χ3n) is 4.10. The Hall–Kier alpha value is -2.68. The maximum absolute atomic E-state index is 12.3. The number of nitrogens with one attached hydrogen (secondary N) is 1. The van der Waals surface area contributed by atoms with Crippen molar-refractivity contribution in [1.29, 1.82) is 0 Å². The van der Waals surface area contributed by atoms with Crippen LogP contribution in [0.15, 0.2) is 24.3 Å². The van der Waals surface area contributed by atoms with Crippen LogP contribution in [0, 0.1) is 5.92 Å². The summed E-state index contributed by atoms with van der Waals surface area (Å²) in [6.45, 7) is 0.842. The summed E-state index contributed by atoms with van der Waals surface area (Å²) in [5.41, 5.74) is 0.804. The fourth-order valence-electron chi connectivity index (χ4n) is 2.65. The lowest BCUT2D eigenvalue weighted by Crippen LogP contribution is -2.42. The molecule has 0 spiro atoms. The summed E-state index contributed by atoms with van der Waals surface area (Å²) in [6, 6.07) is 7.09. The van der Waals surface area contributed by atoms with Crippen LogP contribution in [-0.4, -0.2) is 51.6 Å². The number of likely N-dealkylation sites (tertiary alicyclic amines) is 1. The number of carboxylic acids is 1. The van der Waals surface area contributed by atoms with Gasteiger partial charge in [0.2, 0.25) is 5.13 Å². The van der Waals surface area contributed by atoms with Gasteiger partial charge in [0.15, 0.2) is 5.82 Å². The fraction of sp³-hybridized carbons (Fsp3) is 0.375. The van der Waals surface area contributed by atoms with E-state index in [-0.39, 0.29) is 11.9 Å². The van der Waals surface area contributed by atoms with Gasteiger partial charge in [0, 0.05) is 30.2 Å². The molecule has 1 aliphatic rings. The number of anilines is 1. The van der Waals surface area contributed by atoms with Crippen LogP contribution in [0.4, 0.5) is 9.93 Å². The molecular formula is C16H18N4O4S. The van der Waals surface area contributed by atoms with Crippen molar-refractivity contribution in [2.45, 2.75) is 12.8 Å². The Labute approximate surface area is 148 Å². The Balaban J connectivity index is 1.61. The van der Waals surface area contributed by atoms with E-state index in [1.165, 1.54) is 0 Å². The van der Waals surface area contributed by atoms with Gasteiger partial charge in [0.25, 0.3) is 0 Å².